The van der Waals surface area contributed by atoms with Crippen LogP contribution in [0.15, 0.2) is 29.2 Å². The maximum Gasteiger partial charge on any atom is 0.416 e. The lowest BCUT2D eigenvalue weighted by Crippen LogP contribution is -2.16. The van der Waals surface area contributed by atoms with Gasteiger partial charge in [-0.2, -0.15) is 23.1 Å². The van der Waals surface area contributed by atoms with E-state index in [1.807, 2.05) is 0 Å². The molecule has 0 unspecified atom stereocenters. The molecule has 0 aliphatic carbocycles. The maximum atomic E-state index is 12.5. The van der Waals surface area contributed by atoms with E-state index in [1.54, 1.807) is 13.8 Å². The second kappa shape index (κ2) is 6.27. The van der Waals surface area contributed by atoms with Crippen LogP contribution in [0.3, 0.4) is 0 Å². The molecule has 0 bridgehead atoms. The third kappa shape index (κ3) is 3.75. The molecule has 1 aromatic heterocycles. The molecule has 0 saturated carbocycles. The minimum Gasteiger partial charge on any atom is -0.467 e. The molecule has 0 aliphatic heterocycles. The van der Waals surface area contributed by atoms with Crippen LogP contribution in [0.2, 0.25) is 0 Å². The Kier molecular flexibility index (Phi) is 4.70. The average molecular weight is 361 g/mol. The van der Waals surface area contributed by atoms with Gasteiger partial charge in [0.15, 0.2) is 0 Å². The second-order valence-corrected chi connectivity index (χ2v) is 6.57. The molecule has 2 rings (SSSR count). The second-order valence-electron chi connectivity index (χ2n) is 4.88. The van der Waals surface area contributed by atoms with E-state index in [1.165, 1.54) is 7.11 Å². The summed E-state index contributed by atoms with van der Waals surface area (Å²) in [4.78, 5) is 7.63. The molecular weight excluding hydrogens is 347 g/mol. The number of hydrogen-bond acceptors (Lipinski definition) is 5. The first-order valence-electron chi connectivity index (χ1n) is 6.64. The molecule has 0 saturated heterocycles. The number of anilines is 1. The van der Waals surface area contributed by atoms with Gasteiger partial charge in [0, 0.05) is 0 Å². The molecule has 1 heterocycles. The number of methoxy groups -OCH3 is 1. The number of sulfonamides is 1. The van der Waals surface area contributed by atoms with Crippen molar-refractivity contribution in [1.82, 2.24) is 9.97 Å². The summed E-state index contributed by atoms with van der Waals surface area (Å²) in [5, 5.41) is 0. The predicted octanol–water partition coefficient (Wildman–Crippen LogP) is 2.92. The fourth-order valence-electron chi connectivity index (χ4n) is 1.94. The standard InChI is InChI=1S/C14H14F3N3O3S/c1-8-12(9(2)19-13(18-8)23-3)20-24(21,22)11-6-4-10(5-7-11)14(15,16)17/h4-7,20H,1-3H3. The van der Waals surface area contributed by atoms with Crippen molar-refractivity contribution in [3.63, 3.8) is 0 Å². The van der Waals surface area contributed by atoms with Crippen LogP contribution in [-0.4, -0.2) is 25.5 Å². The van der Waals surface area contributed by atoms with Crippen molar-refractivity contribution in [1.29, 1.82) is 0 Å². The predicted molar refractivity (Wildman–Crippen MR) is 80.3 cm³/mol. The first-order valence-corrected chi connectivity index (χ1v) is 8.12. The molecule has 0 amide bonds. The zero-order chi connectivity index (χ0) is 18.1. The van der Waals surface area contributed by atoms with Crippen LogP contribution < -0.4 is 9.46 Å². The molecule has 24 heavy (non-hydrogen) atoms. The molecule has 0 aliphatic rings. The zero-order valence-electron chi connectivity index (χ0n) is 13.0. The highest BCUT2D eigenvalue weighted by molar-refractivity contribution is 7.92. The number of ether oxygens (including phenoxy) is 1. The van der Waals surface area contributed by atoms with E-state index in [9.17, 15) is 21.6 Å². The monoisotopic (exact) mass is 361 g/mol. The number of aromatic nitrogens is 2. The zero-order valence-corrected chi connectivity index (χ0v) is 13.8. The van der Waals surface area contributed by atoms with Crippen molar-refractivity contribution in [2.75, 3.05) is 11.8 Å². The number of halogens is 3. The molecule has 0 spiro atoms. The summed E-state index contributed by atoms with van der Waals surface area (Å²) in [5.41, 5.74) is -0.123. The van der Waals surface area contributed by atoms with Gasteiger partial charge in [0.05, 0.1) is 34.6 Å². The van der Waals surface area contributed by atoms with E-state index in [0.29, 0.717) is 23.5 Å². The van der Waals surface area contributed by atoms with Gasteiger partial charge in [0.2, 0.25) is 0 Å². The van der Waals surface area contributed by atoms with E-state index in [0.717, 1.165) is 12.1 Å². The first-order chi connectivity index (χ1) is 11.0. The van der Waals surface area contributed by atoms with E-state index in [4.69, 9.17) is 4.74 Å². The average Bonchev–Trinajstić information content (AvgIpc) is 2.50. The summed E-state index contributed by atoms with van der Waals surface area (Å²) in [6, 6.07) is 3.28. The minimum atomic E-state index is -4.53. The van der Waals surface area contributed by atoms with Gasteiger partial charge in [0.1, 0.15) is 0 Å². The first kappa shape index (κ1) is 18.0. The van der Waals surface area contributed by atoms with Gasteiger partial charge in [-0.15, -0.1) is 0 Å². The van der Waals surface area contributed by atoms with Gasteiger partial charge in [0.25, 0.3) is 10.0 Å². The third-order valence-corrected chi connectivity index (χ3v) is 4.53. The van der Waals surface area contributed by atoms with Crippen LogP contribution >= 0.6 is 0 Å². The summed E-state index contributed by atoms with van der Waals surface area (Å²) < 4.78 is 69.5. The smallest absolute Gasteiger partial charge is 0.416 e. The number of alkyl halides is 3. The number of rotatable bonds is 4. The van der Waals surface area contributed by atoms with Crippen LogP contribution in [-0.2, 0) is 16.2 Å². The minimum absolute atomic E-state index is 0.0856. The van der Waals surface area contributed by atoms with Gasteiger partial charge >= 0.3 is 12.2 Å². The number of benzene rings is 1. The topological polar surface area (TPSA) is 81.2 Å². The number of aryl methyl sites for hydroxylation is 2. The highest BCUT2D eigenvalue weighted by Crippen LogP contribution is 2.30. The third-order valence-electron chi connectivity index (χ3n) is 3.16. The Balaban J connectivity index is 2.36. The van der Waals surface area contributed by atoms with Crippen LogP contribution in [0.5, 0.6) is 6.01 Å². The summed E-state index contributed by atoms with van der Waals surface area (Å²) in [7, 11) is -2.70. The Morgan fingerprint density at radius 1 is 1.04 bits per heavy atom. The maximum absolute atomic E-state index is 12.5. The number of hydrogen-bond donors (Lipinski definition) is 1. The van der Waals surface area contributed by atoms with E-state index >= 15 is 0 Å². The normalized spacial score (nSPS) is 12.1. The lowest BCUT2D eigenvalue weighted by molar-refractivity contribution is -0.137. The summed E-state index contributed by atoms with van der Waals surface area (Å²) in [6.07, 6.45) is -4.53. The summed E-state index contributed by atoms with van der Waals surface area (Å²) in [6.45, 7) is 3.11. The van der Waals surface area contributed by atoms with Gasteiger partial charge in [-0.05, 0) is 38.1 Å². The van der Waals surface area contributed by atoms with Crippen LogP contribution in [0, 0.1) is 13.8 Å². The van der Waals surface area contributed by atoms with Crippen molar-refractivity contribution in [2.24, 2.45) is 0 Å². The number of nitrogens with zero attached hydrogens (tertiary/aromatic N) is 2. The van der Waals surface area contributed by atoms with E-state index in [2.05, 4.69) is 14.7 Å². The van der Waals surface area contributed by atoms with Crippen molar-refractivity contribution in [3.05, 3.63) is 41.2 Å². The van der Waals surface area contributed by atoms with Crippen LogP contribution in [0.1, 0.15) is 17.0 Å². The van der Waals surface area contributed by atoms with Gasteiger partial charge in [-0.1, -0.05) is 0 Å². The van der Waals surface area contributed by atoms with Crippen molar-refractivity contribution < 1.29 is 26.3 Å². The molecule has 0 atom stereocenters. The fourth-order valence-corrected chi connectivity index (χ4v) is 3.12. The Bertz CT molecular complexity index is 827. The molecule has 10 heteroatoms. The molecular formula is C14H14F3N3O3S. The van der Waals surface area contributed by atoms with E-state index in [-0.39, 0.29) is 16.6 Å². The molecule has 0 radical (unpaired) electrons. The molecule has 130 valence electrons. The van der Waals surface area contributed by atoms with Gasteiger partial charge in [-0.25, -0.2) is 8.42 Å². The van der Waals surface area contributed by atoms with E-state index < -0.39 is 21.8 Å². The molecule has 0 fully saturated rings. The lowest BCUT2D eigenvalue weighted by atomic mass is 10.2. The van der Waals surface area contributed by atoms with Crippen molar-refractivity contribution >= 4 is 15.7 Å². The molecule has 1 N–H and O–H groups in total. The van der Waals surface area contributed by atoms with Gasteiger partial charge in [-0.3, -0.25) is 4.72 Å². The molecule has 1 aromatic carbocycles. The number of nitrogens with one attached hydrogen (secondary N) is 1. The Labute approximate surface area is 136 Å². The SMILES string of the molecule is COc1nc(C)c(NS(=O)(=O)c2ccc(C(F)(F)F)cc2)c(C)n1. The van der Waals surface area contributed by atoms with Crippen molar-refractivity contribution in [2.45, 2.75) is 24.9 Å². The highest BCUT2D eigenvalue weighted by Gasteiger charge is 2.30. The molecule has 2 aromatic rings. The highest BCUT2D eigenvalue weighted by atomic mass is 32.2. The largest absolute Gasteiger partial charge is 0.467 e. The Morgan fingerprint density at radius 3 is 1.96 bits per heavy atom. The Hall–Kier alpha value is -2.36. The van der Waals surface area contributed by atoms with Crippen LogP contribution in [0.4, 0.5) is 18.9 Å². The quantitative estimate of drug-likeness (QED) is 0.906. The van der Waals surface area contributed by atoms with Gasteiger partial charge < -0.3 is 4.74 Å². The molecule has 6 nitrogen and oxygen atoms in total. The summed E-state index contributed by atoms with van der Waals surface area (Å²) in [5.74, 6) is 0. The lowest BCUT2D eigenvalue weighted by Gasteiger charge is -2.13. The Morgan fingerprint density at radius 2 is 1.54 bits per heavy atom. The summed E-state index contributed by atoms with van der Waals surface area (Å²) >= 11 is 0. The van der Waals surface area contributed by atoms with Crippen LogP contribution in [0.25, 0.3) is 0 Å². The van der Waals surface area contributed by atoms with Crippen molar-refractivity contribution in [3.8, 4) is 6.01 Å². The fraction of sp³-hybridized carbons (Fsp3) is 0.286.